The van der Waals surface area contributed by atoms with E-state index in [1.807, 2.05) is 0 Å². The second-order valence-corrected chi connectivity index (χ2v) is 3.16. The van der Waals surface area contributed by atoms with E-state index >= 15 is 0 Å². The number of nitrogens with zero attached hydrogens (tertiary/aromatic N) is 1. The zero-order chi connectivity index (χ0) is 9.94. The van der Waals surface area contributed by atoms with Crippen LogP contribution in [0.25, 0.3) is 0 Å². The molecule has 1 unspecified atom stereocenters. The minimum Gasteiger partial charge on any atom is -0.481 e. The summed E-state index contributed by atoms with van der Waals surface area (Å²) in [7, 11) is 0. The van der Waals surface area contributed by atoms with Crippen LogP contribution in [-0.4, -0.2) is 16.9 Å². The van der Waals surface area contributed by atoms with Gasteiger partial charge in [0.25, 0.3) is 0 Å². The number of Topliss-reactive ketones (excluding diaryl/α,β-unsaturated/α-hetero) is 1. The maximum absolute atomic E-state index is 11.2. The highest BCUT2D eigenvalue weighted by atomic mass is 16.4. The van der Waals surface area contributed by atoms with Crippen LogP contribution in [0.4, 0.5) is 0 Å². The number of aliphatic carboxylic acids is 1. The van der Waals surface area contributed by atoms with E-state index in [2.05, 4.69) is 0 Å². The number of ketones is 1. The summed E-state index contributed by atoms with van der Waals surface area (Å²) in [5.74, 6) is -2.86. The number of nitriles is 1. The number of carbonyl (C=O) groups is 2. The molecule has 0 fully saturated rings. The van der Waals surface area contributed by atoms with Crippen molar-refractivity contribution in [2.24, 2.45) is 11.3 Å². The molecule has 0 aliphatic rings. The minimum atomic E-state index is -1.21. The predicted molar refractivity (Wildman–Crippen MR) is 41.2 cm³/mol. The van der Waals surface area contributed by atoms with Gasteiger partial charge in [0.15, 0.2) is 5.78 Å². The Kier molecular flexibility index (Phi) is 2.97. The molecular weight excluding hydrogens is 158 g/mol. The quantitative estimate of drug-likeness (QED) is 0.634. The lowest BCUT2D eigenvalue weighted by molar-refractivity contribution is -0.147. The van der Waals surface area contributed by atoms with E-state index < -0.39 is 23.1 Å². The number of hydrogen-bond donors (Lipinski definition) is 1. The summed E-state index contributed by atoms with van der Waals surface area (Å²) in [4.78, 5) is 21.6. The first-order valence-electron chi connectivity index (χ1n) is 3.51. The highest BCUT2D eigenvalue weighted by Crippen LogP contribution is 2.19. The maximum atomic E-state index is 11.2. The largest absolute Gasteiger partial charge is 0.481 e. The highest BCUT2D eigenvalue weighted by molar-refractivity contribution is 6.01. The van der Waals surface area contributed by atoms with Crippen LogP contribution in [0.1, 0.15) is 20.8 Å². The molecule has 0 aromatic heterocycles. The van der Waals surface area contributed by atoms with Crippen LogP contribution in [0, 0.1) is 22.7 Å². The zero-order valence-electron chi connectivity index (χ0n) is 7.29. The van der Waals surface area contributed by atoms with E-state index in [0.717, 1.165) is 0 Å². The summed E-state index contributed by atoms with van der Waals surface area (Å²) in [6, 6.07) is 1.76. The predicted octanol–water partition coefficient (Wildman–Crippen LogP) is 0.826. The minimum absolute atomic E-state index is 0.558. The third-order valence-corrected chi connectivity index (χ3v) is 1.66. The average Bonchev–Trinajstić information content (AvgIpc) is 2.01. The molecule has 0 aliphatic carbocycles. The van der Waals surface area contributed by atoms with Crippen molar-refractivity contribution >= 4 is 11.8 Å². The lowest BCUT2D eigenvalue weighted by atomic mass is 9.83. The van der Waals surface area contributed by atoms with Gasteiger partial charge in [0.2, 0.25) is 0 Å². The van der Waals surface area contributed by atoms with Crippen molar-refractivity contribution in [3.8, 4) is 6.07 Å². The van der Waals surface area contributed by atoms with Crippen molar-refractivity contribution < 1.29 is 14.7 Å². The van der Waals surface area contributed by atoms with E-state index in [1.54, 1.807) is 6.07 Å². The molecular formula is C8H11NO3. The van der Waals surface area contributed by atoms with E-state index in [0.29, 0.717) is 0 Å². The van der Waals surface area contributed by atoms with Gasteiger partial charge in [-0.3, -0.25) is 9.59 Å². The fraction of sp³-hybridized carbons (Fsp3) is 0.625. The molecule has 12 heavy (non-hydrogen) atoms. The molecule has 0 aliphatic heterocycles. The van der Waals surface area contributed by atoms with E-state index in [1.165, 1.54) is 20.8 Å². The Balaban J connectivity index is 4.64. The van der Waals surface area contributed by atoms with Crippen LogP contribution in [0.5, 0.6) is 0 Å². The number of carboxylic acids is 1. The van der Waals surface area contributed by atoms with Crippen LogP contribution < -0.4 is 0 Å². The third-order valence-electron chi connectivity index (χ3n) is 1.66. The standard InChI is InChI=1S/C8H11NO3/c1-5(7(11)12)6(10)8(2,3)4-9/h5H,1-3H3,(H,11,12). The number of hydrogen-bond acceptors (Lipinski definition) is 3. The summed E-state index contributed by atoms with van der Waals surface area (Å²) in [6.07, 6.45) is 0. The molecule has 0 amide bonds. The van der Waals surface area contributed by atoms with Crippen LogP contribution in [-0.2, 0) is 9.59 Å². The SMILES string of the molecule is CC(C(=O)O)C(=O)C(C)(C)C#N. The van der Waals surface area contributed by atoms with Crippen molar-refractivity contribution in [3.63, 3.8) is 0 Å². The second-order valence-electron chi connectivity index (χ2n) is 3.16. The smallest absolute Gasteiger partial charge is 0.313 e. The van der Waals surface area contributed by atoms with Gasteiger partial charge in [-0.15, -0.1) is 0 Å². The molecule has 0 bridgehead atoms. The van der Waals surface area contributed by atoms with Crippen molar-refractivity contribution in [1.29, 1.82) is 5.26 Å². The number of rotatable bonds is 3. The Bertz CT molecular complexity index is 250. The van der Waals surface area contributed by atoms with Gasteiger partial charge in [-0.2, -0.15) is 5.26 Å². The van der Waals surface area contributed by atoms with Crippen LogP contribution in [0.2, 0.25) is 0 Å². The topological polar surface area (TPSA) is 78.2 Å². The Hall–Kier alpha value is -1.37. The maximum Gasteiger partial charge on any atom is 0.313 e. The van der Waals surface area contributed by atoms with Crippen LogP contribution >= 0.6 is 0 Å². The van der Waals surface area contributed by atoms with Crippen molar-refractivity contribution in [2.45, 2.75) is 20.8 Å². The van der Waals surface area contributed by atoms with Gasteiger partial charge >= 0.3 is 5.97 Å². The highest BCUT2D eigenvalue weighted by Gasteiger charge is 2.34. The Morgan fingerprint density at radius 1 is 1.50 bits per heavy atom. The monoisotopic (exact) mass is 169 g/mol. The molecule has 1 N–H and O–H groups in total. The molecule has 1 atom stereocenters. The fourth-order valence-corrected chi connectivity index (χ4v) is 0.709. The first kappa shape index (κ1) is 10.6. The second kappa shape index (κ2) is 3.35. The van der Waals surface area contributed by atoms with Gasteiger partial charge in [0.05, 0.1) is 6.07 Å². The van der Waals surface area contributed by atoms with Crippen molar-refractivity contribution in [1.82, 2.24) is 0 Å². The van der Waals surface area contributed by atoms with Gasteiger partial charge in [-0.1, -0.05) is 0 Å². The Morgan fingerprint density at radius 3 is 2.17 bits per heavy atom. The molecule has 0 heterocycles. The molecule has 0 rings (SSSR count). The average molecular weight is 169 g/mol. The lowest BCUT2D eigenvalue weighted by Gasteiger charge is -2.15. The van der Waals surface area contributed by atoms with Crippen LogP contribution in [0.3, 0.4) is 0 Å². The molecule has 0 saturated heterocycles. The van der Waals surface area contributed by atoms with E-state index in [4.69, 9.17) is 10.4 Å². The summed E-state index contributed by atoms with van der Waals surface area (Å²) in [6.45, 7) is 4.10. The van der Waals surface area contributed by atoms with Gasteiger partial charge in [0.1, 0.15) is 11.3 Å². The molecule has 4 heteroatoms. The Labute approximate surface area is 70.8 Å². The van der Waals surface area contributed by atoms with Gasteiger partial charge in [-0.05, 0) is 20.8 Å². The van der Waals surface area contributed by atoms with Gasteiger partial charge in [0, 0.05) is 0 Å². The molecule has 0 aromatic rings. The summed E-state index contributed by atoms with van der Waals surface area (Å²) < 4.78 is 0. The molecule has 66 valence electrons. The molecule has 0 aromatic carbocycles. The molecule has 0 saturated carbocycles. The first-order chi connectivity index (χ1) is 5.33. The normalized spacial score (nSPS) is 13.2. The molecule has 0 radical (unpaired) electrons. The number of carboxylic acid groups (broad SMARTS) is 1. The first-order valence-corrected chi connectivity index (χ1v) is 3.51. The van der Waals surface area contributed by atoms with Crippen molar-refractivity contribution in [3.05, 3.63) is 0 Å². The molecule has 0 spiro atoms. The van der Waals surface area contributed by atoms with Crippen LogP contribution in [0.15, 0.2) is 0 Å². The third kappa shape index (κ3) is 2.06. The Morgan fingerprint density at radius 2 is 1.92 bits per heavy atom. The fourth-order valence-electron chi connectivity index (χ4n) is 0.709. The molecule has 4 nitrogen and oxygen atoms in total. The van der Waals surface area contributed by atoms with Gasteiger partial charge < -0.3 is 5.11 Å². The zero-order valence-corrected chi connectivity index (χ0v) is 7.29. The van der Waals surface area contributed by atoms with Crippen molar-refractivity contribution in [2.75, 3.05) is 0 Å². The summed E-state index contributed by atoms with van der Waals surface area (Å²) >= 11 is 0. The number of carbonyl (C=O) groups excluding carboxylic acids is 1. The van der Waals surface area contributed by atoms with E-state index in [-0.39, 0.29) is 0 Å². The lowest BCUT2D eigenvalue weighted by Crippen LogP contribution is -2.32. The summed E-state index contributed by atoms with van der Waals surface area (Å²) in [5.41, 5.74) is -1.21. The summed E-state index contributed by atoms with van der Waals surface area (Å²) in [5, 5.41) is 17.0. The van der Waals surface area contributed by atoms with Gasteiger partial charge in [-0.25, -0.2) is 0 Å². The van der Waals surface area contributed by atoms with E-state index in [9.17, 15) is 9.59 Å².